The average molecular weight is 485 g/mol. The smallest absolute Gasteiger partial charge is 0.333 e. The van der Waals surface area contributed by atoms with Crippen LogP contribution >= 0.6 is 34.2 Å². The van der Waals surface area contributed by atoms with E-state index >= 15 is 0 Å². The van der Waals surface area contributed by atoms with Crippen LogP contribution in [0.15, 0.2) is 42.1 Å². The van der Waals surface area contributed by atoms with Crippen molar-refractivity contribution in [2.45, 2.75) is 0 Å². The number of halogens is 2. The van der Waals surface area contributed by atoms with Crippen LogP contribution in [0.4, 0.5) is 10.5 Å². The lowest BCUT2D eigenvalue weighted by atomic mass is 10.1. The summed E-state index contributed by atoms with van der Waals surface area (Å²) in [6.45, 7) is 0. The highest BCUT2D eigenvalue weighted by Crippen LogP contribution is 2.34. The van der Waals surface area contributed by atoms with Gasteiger partial charge in [0, 0.05) is 5.02 Å². The highest BCUT2D eigenvalue weighted by atomic mass is 127. The van der Waals surface area contributed by atoms with Crippen LogP contribution in [0.3, 0.4) is 0 Å². The quantitative estimate of drug-likeness (QED) is 0.404. The highest BCUT2D eigenvalue weighted by molar-refractivity contribution is 14.1. The minimum atomic E-state index is -0.529. The Morgan fingerprint density at radius 3 is 2.58 bits per heavy atom. The molecule has 0 bridgehead atoms. The number of ether oxygens (including phenoxy) is 2. The van der Waals surface area contributed by atoms with Crippen LogP contribution in [-0.4, -0.2) is 26.2 Å². The molecule has 0 unspecified atom stereocenters. The molecular formula is C18H14ClIN2O4. The van der Waals surface area contributed by atoms with E-state index in [9.17, 15) is 9.59 Å². The van der Waals surface area contributed by atoms with E-state index in [-0.39, 0.29) is 5.70 Å². The maximum Gasteiger partial charge on any atom is 0.333 e. The fraction of sp³-hybridized carbons (Fsp3) is 0.111. The molecule has 6 nitrogen and oxygen atoms in total. The normalized spacial score (nSPS) is 15.4. The number of benzene rings is 2. The molecular weight excluding hydrogens is 471 g/mol. The van der Waals surface area contributed by atoms with Crippen LogP contribution in [0.5, 0.6) is 11.5 Å². The molecule has 1 N–H and O–H groups in total. The Labute approximate surface area is 168 Å². The Balaban J connectivity index is 1.97. The second kappa shape index (κ2) is 7.55. The third kappa shape index (κ3) is 3.49. The van der Waals surface area contributed by atoms with E-state index in [0.717, 1.165) is 8.47 Å². The Kier molecular flexibility index (Phi) is 5.38. The number of nitrogens with zero attached hydrogens (tertiary/aromatic N) is 1. The molecule has 0 spiro atoms. The van der Waals surface area contributed by atoms with Gasteiger partial charge in [0.1, 0.15) is 5.70 Å². The van der Waals surface area contributed by atoms with Crippen molar-refractivity contribution in [3.05, 3.63) is 56.3 Å². The van der Waals surface area contributed by atoms with Gasteiger partial charge in [0.05, 0.1) is 23.5 Å². The second-order valence-corrected chi connectivity index (χ2v) is 6.95. The van der Waals surface area contributed by atoms with E-state index in [1.807, 2.05) is 6.07 Å². The van der Waals surface area contributed by atoms with Crippen LogP contribution < -0.4 is 19.7 Å². The molecule has 3 amide bonds. The van der Waals surface area contributed by atoms with Gasteiger partial charge < -0.3 is 14.8 Å². The van der Waals surface area contributed by atoms with Crippen molar-refractivity contribution in [3.63, 3.8) is 0 Å². The molecule has 1 aliphatic rings. The zero-order valence-corrected chi connectivity index (χ0v) is 16.8. The zero-order valence-electron chi connectivity index (χ0n) is 13.9. The van der Waals surface area contributed by atoms with Gasteiger partial charge in [-0.05, 0) is 64.6 Å². The molecule has 8 heteroatoms. The molecule has 1 fully saturated rings. The molecule has 1 saturated heterocycles. The standard InChI is InChI=1S/C18H14ClIN2O4/c1-25-15-8-10(6-13(20)16(15)26-2)7-14-17(23)22(18(24)21-14)12-5-3-4-11(19)9-12/h3-9H,1-2H3,(H,21,24)/b14-7+. The van der Waals surface area contributed by atoms with Crippen molar-refractivity contribution < 1.29 is 19.1 Å². The van der Waals surface area contributed by atoms with Crippen LogP contribution in [0.25, 0.3) is 6.08 Å². The van der Waals surface area contributed by atoms with Gasteiger partial charge in [-0.3, -0.25) is 4.79 Å². The summed E-state index contributed by atoms with van der Waals surface area (Å²) in [5, 5.41) is 3.03. The molecule has 0 radical (unpaired) electrons. The first-order valence-electron chi connectivity index (χ1n) is 7.49. The molecule has 0 aliphatic carbocycles. The first-order valence-corrected chi connectivity index (χ1v) is 8.94. The van der Waals surface area contributed by atoms with Gasteiger partial charge in [-0.2, -0.15) is 0 Å². The molecule has 1 heterocycles. The van der Waals surface area contributed by atoms with Crippen LogP contribution in [0, 0.1) is 3.57 Å². The highest BCUT2D eigenvalue weighted by Gasteiger charge is 2.35. The molecule has 26 heavy (non-hydrogen) atoms. The first kappa shape index (κ1) is 18.5. The Hall–Kier alpha value is -2.26. The summed E-state index contributed by atoms with van der Waals surface area (Å²) < 4.78 is 11.4. The van der Waals surface area contributed by atoms with Gasteiger partial charge in [-0.15, -0.1) is 0 Å². The number of urea groups is 1. The summed E-state index contributed by atoms with van der Waals surface area (Å²) in [5.74, 6) is 0.689. The fourth-order valence-corrected chi connectivity index (χ4v) is 3.60. The molecule has 2 aromatic carbocycles. The van der Waals surface area contributed by atoms with Gasteiger partial charge in [0.25, 0.3) is 5.91 Å². The average Bonchev–Trinajstić information content (AvgIpc) is 2.88. The van der Waals surface area contributed by atoms with Gasteiger partial charge in [-0.25, -0.2) is 9.69 Å². The van der Waals surface area contributed by atoms with Crippen molar-refractivity contribution in [1.29, 1.82) is 0 Å². The Morgan fingerprint density at radius 2 is 1.92 bits per heavy atom. The third-order valence-electron chi connectivity index (χ3n) is 3.71. The second-order valence-electron chi connectivity index (χ2n) is 5.35. The minimum Gasteiger partial charge on any atom is -0.493 e. The number of hydrogen-bond donors (Lipinski definition) is 1. The Bertz CT molecular complexity index is 929. The summed E-state index contributed by atoms with van der Waals surface area (Å²) in [4.78, 5) is 26.0. The number of rotatable bonds is 4. The maximum atomic E-state index is 12.7. The van der Waals surface area contributed by atoms with Gasteiger partial charge >= 0.3 is 6.03 Å². The van der Waals surface area contributed by atoms with E-state index in [2.05, 4.69) is 27.9 Å². The summed E-state index contributed by atoms with van der Waals surface area (Å²) in [6, 6.07) is 9.58. The number of anilines is 1. The monoisotopic (exact) mass is 484 g/mol. The van der Waals surface area contributed by atoms with Crippen molar-refractivity contribution in [2.75, 3.05) is 19.1 Å². The topological polar surface area (TPSA) is 67.9 Å². The van der Waals surface area contributed by atoms with E-state index in [4.69, 9.17) is 21.1 Å². The summed E-state index contributed by atoms with van der Waals surface area (Å²) in [6.07, 6.45) is 1.59. The van der Waals surface area contributed by atoms with E-state index in [1.165, 1.54) is 7.11 Å². The van der Waals surface area contributed by atoms with Gasteiger partial charge in [-0.1, -0.05) is 17.7 Å². The predicted octanol–water partition coefficient (Wildman–Crippen LogP) is 4.06. The zero-order chi connectivity index (χ0) is 18.8. The maximum absolute atomic E-state index is 12.7. The fourth-order valence-electron chi connectivity index (χ4n) is 2.57. The number of imide groups is 1. The van der Waals surface area contributed by atoms with Crippen molar-refractivity contribution in [3.8, 4) is 11.5 Å². The van der Waals surface area contributed by atoms with Crippen LogP contribution in [-0.2, 0) is 4.79 Å². The van der Waals surface area contributed by atoms with Crippen LogP contribution in [0.2, 0.25) is 5.02 Å². The first-order chi connectivity index (χ1) is 12.4. The molecule has 0 atom stereocenters. The SMILES string of the molecule is COc1cc(/C=C2/NC(=O)N(c3cccc(Cl)c3)C2=O)cc(I)c1OC. The summed E-state index contributed by atoms with van der Waals surface area (Å²) in [7, 11) is 3.09. The van der Waals surface area contributed by atoms with Crippen molar-refractivity contribution in [2.24, 2.45) is 0 Å². The lowest BCUT2D eigenvalue weighted by molar-refractivity contribution is -0.113. The molecule has 0 saturated carbocycles. The number of hydrogen-bond acceptors (Lipinski definition) is 4. The largest absolute Gasteiger partial charge is 0.493 e. The molecule has 1 aliphatic heterocycles. The van der Waals surface area contributed by atoms with E-state index in [1.54, 1.807) is 43.5 Å². The number of amides is 3. The van der Waals surface area contributed by atoms with Crippen LogP contribution in [0.1, 0.15) is 5.56 Å². The third-order valence-corrected chi connectivity index (χ3v) is 4.75. The number of carbonyl (C=O) groups excluding carboxylic acids is 2. The number of carbonyl (C=O) groups is 2. The lowest BCUT2D eigenvalue weighted by Gasteiger charge is -2.12. The van der Waals surface area contributed by atoms with Crippen molar-refractivity contribution in [1.82, 2.24) is 5.32 Å². The van der Waals surface area contributed by atoms with Gasteiger partial charge in [0.15, 0.2) is 11.5 Å². The molecule has 3 rings (SSSR count). The van der Waals surface area contributed by atoms with Crippen molar-refractivity contribution >= 4 is 57.9 Å². The number of nitrogens with one attached hydrogen (secondary N) is 1. The van der Waals surface area contributed by atoms with Gasteiger partial charge in [0.2, 0.25) is 0 Å². The number of methoxy groups -OCH3 is 2. The summed E-state index contributed by atoms with van der Waals surface area (Å²) in [5.41, 5.74) is 1.27. The molecule has 2 aromatic rings. The minimum absolute atomic E-state index is 0.165. The Morgan fingerprint density at radius 1 is 1.15 bits per heavy atom. The van der Waals surface area contributed by atoms with E-state index < -0.39 is 11.9 Å². The lowest BCUT2D eigenvalue weighted by Crippen LogP contribution is -2.30. The van der Waals surface area contributed by atoms with E-state index in [0.29, 0.717) is 27.8 Å². The molecule has 134 valence electrons. The predicted molar refractivity (Wildman–Crippen MR) is 108 cm³/mol. The summed E-state index contributed by atoms with van der Waals surface area (Å²) >= 11 is 8.07. The molecule has 0 aromatic heterocycles.